The van der Waals surface area contributed by atoms with E-state index in [1.165, 1.54) is 0 Å². The number of primary amides is 1. The lowest BCUT2D eigenvalue weighted by molar-refractivity contribution is 0.0995. The highest BCUT2D eigenvalue weighted by atomic mass is 35.5. The van der Waals surface area contributed by atoms with Crippen LogP contribution in [0.5, 0.6) is 0 Å². The van der Waals surface area contributed by atoms with Crippen LogP contribution in [0.15, 0.2) is 6.07 Å². The van der Waals surface area contributed by atoms with E-state index in [1.807, 2.05) is 4.90 Å². The summed E-state index contributed by atoms with van der Waals surface area (Å²) < 4.78 is 5.22. The molecule has 6 nitrogen and oxygen atoms in total. The van der Waals surface area contributed by atoms with Crippen molar-refractivity contribution in [3.63, 3.8) is 0 Å². The first-order valence-electron chi connectivity index (χ1n) is 4.84. The number of ether oxygens (including phenoxy) is 1. The number of nitrogens with two attached hydrogens (primary N) is 1. The van der Waals surface area contributed by atoms with Crippen LogP contribution in [0.1, 0.15) is 10.5 Å². The molecular formula is C9H11ClN4O2. The Hall–Kier alpha value is -1.40. The van der Waals surface area contributed by atoms with E-state index in [1.54, 1.807) is 6.07 Å². The molecule has 0 bridgehead atoms. The number of carbonyl (C=O) groups is 1. The molecular weight excluding hydrogens is 232 g/mol. The Morgan fingerprint density at radius 1 is 1.44 bits per heavy atom. The summed E-state index contributed by atoms with van der Waals surface area (Å²) in [5.74, 6) is -0.00379. The summed E-state index contributed by atoms with van der Waals surface area (Å²) in [5, 5.41) is 0.0257. The van der Waals surface area contributed by atoms with Crippen LogP contribution in [0.3, 0.4) is 0 Å². The van der Waals surface area contributed by atoms with Crippen LogP contribution in [0, 0.1) is 0 Å². The third kappa shape index (κ3) is 2.40. The summed E-state index contributed by atoms with van der Waals surface area (Å²) >= 11 is 5.73. The Kier molecular flexibility index (Phi) is 3.21. The molecule has 2 N–H and O–H groups in total. The summed E-state index contributed by atoms with van der Waals surface area (Å²) in [6, 6.07) is 1.54. The molecule has 1 aromatic rings. The number of halogens is 1. The number of carbonyl (C=O) groups excluding carboxylic acids is 1. The average molecular weight is 243 g/mol. The SMILES string of the molecule is NC(=O)c1cc(N2CCOCC2)nc(Cl)n1. The molecule has 2 heterocycles. The van der Waals surface area contributed by atoms with Gasteiger partial charge in [0.05, 0.1) is 13.2 Å². The van der Waals surface area contributed by atoms with Crippen LogP contribution in [-0.2, 0) is 4.74 Å². The molecule has 1 aliphatic rings. The number of anilines is 1. The van der Waals surface area contributed by atoms with Gasteiger partial charge in [0.25, 0.3) is 5.91 Å². The standard InChI is InChI=1S/C9H11ClN4O2/c10-9-12-6(8(11)15)5-7(13-9)14-1-3-16-4-2-14/h5H,1-4H2,(H2,11,15). The smallest absolute Gasteiger partial charge is 0.267 e. The van der Waals surface area contributed by atoms with E-state index in [9.17, 15) is 4.79 Å². The molecule has 0 aromatic carbocycles. The maximum atomic E-state index is 11.0. The maximum absolute atomic E-state index is 11.0. The molecule has 2 rings (SSSR count). The molecule has 86 valence electrons. The largest absolute Gasteiger partial charge is 0.378 e. The minimum absolute atomic E-state index is 0.0257. The van der Waals surface area contributed by atoms with Gasteiger partial charge in [-0.1, -0.05) is 0 Å². The van der Waals surface area contributed by atoms with Crippen molar-refractivity contribution in [3.05, 3.63) is 17.0 Å². The lowest BCUT2D eigenvalue weighted by Gasteiger charge is -2.27. The van der Waals surface area contributed by atoms with Crippen molar-refractivity contribution in [2.24, 2.45) is 5.73 Å². The van der Waals surface area contributed by atoms with E-state index < -0.39 is 5.91 Å². The van der Waals surface area contributed by atoms with E-state index in [2.05, 4.69) is 9.97 Å². The zero-order valence-electron chi connectivity index (χ0n) is 8.52. The summed E-state index contributed by atoms with van der Waals surface area (Å²) in [6.45, 7) is 2.69. The molecule has 0 radical (unpaired) electrons. The van der Waals surface area contributed by atoms with E-state index in [-0.39, 0.29) is 11.0 Å². The summed E-state index contributed by atoms with van der Waals surface area (Å²) in [7, 11) is 0. The maximum Gasteiger partial charge on any atom is 0.267 e. The molecule has 0 spiro atoms. The second kappa shape index (κ2) is 4.63. The monoisotopic (exact) mass is 242 g/mol. The van der Waals surface area contributed by atoms with Crippen LogP contribution >= 0.6 is 11.6 Å². The van der Waals surface area contributed by atoms with Gasteiger partial charge in [0, 0.05) is 19.2 Å². The van der Waals surface area contributed by atoms with Gasteiger partial charge in [0.15, 0.2) is 0 Å². The summed E-state index contributed by atoms with van der Waals surface area (Å²) in [6.07, 6.45) is 0. The van der Waals surface area contributed by atoms with Gasteiger partial charge in [-0.2, -0.15) is 0 Å². The Balaban J connectivity index is 2.28. The summed E-state index contributed by atoms with van der Waals surface area (Å²) in [4.78, 5) is 20.8. The Morgan fingerprint density at radius 2 is 2.12 bits per heavy atom. The Labute approximate surface area is 97.4 Å². The highest BCUT2D eigenvalue weighted by Gasteiger charge is 2.15. The Morgan fingerprint density at radius 3 is 2.75 bits per heavy atom. The van der Waals surface area contributed by atoms with Crippen molar-refractivity contribution >= 4 is 23.3 Å². The zero-order chi connectivity index (χ0) is 11.5. The fourth-order valence-corrected chi connectivity index (χ4v) is 1.66. The zero-order valence-corrected chi connectivity index (χ0v) is 9.28. The van der Waals surface area contributed by atoms with Gasteiger partial charge in [0.2, 0.25) is 5.28 Å². The van der Waals surface area contributed by atoms with E-state index in [4.69, 9.17) is 22.1 Å². The van der Waals surface area contributed by atoms with E-state index in [0.29, 0.717) is 32.1 Å². The van der Waals surface area contributed by atoms with Gasteiger partial charge in [-0.25, -0.2) is 9.97 Å². The molecule has 7 heteroatoms. The van der Waals surface area contributed by atoms with Crippen molar-refractivity contribution in [2.75, 3.05) is 31.2 Å². The van der Waals surface area contributed by atoms with Crippen molar-refractivity contribution in [2.45, 2.75) is 0 Å². The number of rotatable bonds is 2. The lowest BCUT2D eigenvalue weighted by Crippen LogP contribution is -2.37. The van der Waals surface area contributed by atoms with Crippen LogP contribution in [0.2, 0.25) is 5.28 Å². The second-order valence-electron chi connectivity index (χ2n) is 3.34. The average Bonchev–Trinajstić information content (AvgIpc) is 2.29. The second-order valence-corrected chi connectivity index (χ2v) is 3.68. The highest BCUT2D eigenvalue weighted by molar-refractivity contribution is 6.28. The van der Waals surface area contributed by atoms with E-state index >= 15 is 0 Å². The van der Waals surface area contributed by atoms with Crippen molar-refractivity contribution in [3.8, 4) is 0 Å². The predicted octanol–water partition coefficient (Wildman–Crippen LogP) is 0.0655. The van der Waals surface area contributed by atoms with Gasteiger partial charge in [-0.15, -0.1) is 0 Å². The van der Waals surface area contributed by atoms with Crippen molar-refractivity contribution in [1.82, 2.24) is 9.97 Å². The third-order valence-electron chi connectivity index (χ3n) is 2.27. The number of nitrogens with zero attached hydrogens (tertiary/aromatic N) is 3. The number of morpholine rings is 1. The first-order chi connectivity index (χ1) is 7.66. The third-order valence-corrected chi connectivity index (χ3v) is 2.44. The minimum atomic E-state index is -0.612. The number of hydrogen-bond acceptors (Lipinski definition) is 5. The molecule has 0 atom stereocenters. The molecule has 0 unspecified atom stereocenters. The van der Waals surface area contributed by atoms with Gasteiger partial charge >= 0.3 is 0 Å². The Bertz CT molecular complexity index is 406. The van der Waals surface area contributed by atoms with Gasteiger partial charge in [-0.3, -0.25) is 4.79 Å². The molecule has 16 heavy (non-hydrogen) atoms. The fraction of sp³-hybridized carbons (Fsp3) is 0.444. The van der Waals surface area contributed by atoms with Crippen LogP contribution < -0.4 is 10.6 Å². The van der Waals surface area contributed by atoms with E-state index in [0.717, 1.165) is 0 Å². The first-order valence-corrected chi connectivity index (χ1v) is 5.21. The number of aromatic nitrogens is 2. The minimum Gasteiger partial charge on any atom is -0.378 e. The van der Waals surface area contributed by atoms with Crippen LogP contribution in [-0.4, -0.2) is 42.2 Å². The first kappa shape index (κ1) is 11.1. The van der Waals surface area contributed by atoms with Crippen molar-refractivity contribution < 1.29 is 9.53 Å². The molecule has 1 aliphatic heterocycles. The molecule has 1 amide bonds. The normalized spacial score (nSPS) is 16.2. The fourth-order valence-electron chi connectivity index (χ4n) is 1.49. The van der Waals surface area contributed by atoms with Gasteiger partial charge < -0.3 is 15.4 Å². The van der Waals surface area contributed by atoms with Crippen LogP contribution in [0.25, 0.3) is 0 Å². The molecule has 0 aliphatic carbocycles. The topological polar surface area (TPSA) is 81.3 Å². The van der Waals surface area contributed by atoms with Gasteiger partial charge in [-0.05, 0) is 11.6 Å². The number of amides is 1. The van der Waals surface area contributed by atoms with Crippen molar-refractivity contribution in [1.29, 1.82) is 0 Å². The molecule has 1 fully saturated rings. The molecule has 0 saturated carbocycles. The van der Waals surface area contributed by atoms with Gasteiger partial charge in [0.1, 0.15) is 11.5 Å². The predicted molar refractivity (Wildman–Crippen MR) is 58.6 cm³/mol. The quantitative estimate of drug-likeness (QED) is 0.742. The summed E-state index contributed by atoms with van der Waals surface area (Å²) in [5.41, 5.74) is 5.28. The highest BCUT2D eigenvalue weighted by Crippen LogP contribution is 2.16. The molecule has 1 aromatic heterocycles. The van der Waals surface area contributed by atoms with Crippen LogP contribution in [0.4, 0.5) is 5.82 Å². The number of hydrogen-bond donors (Lipinski definition) is 1. The lowest BCUT2D eigenvalue weighted by atomic mass is 10.3. The molecule has 1 saturated heterocycles.